The van der Waals surface area contributed by atoms with Gasteiger partial charge in [0.2, 0.25) is 0 Å². The standard InChI is InChI=1S/C13H12BrN/c14-13-3-1-2-12(10-13)5-4-11-6-8-15-9-7-11/h1-3,6-10H,4-5H2. The molecule has 0 aliphatic rings. The minimum Gasteiger partial charge on any atom is -0.265 e. The number of hydrogen-bond donors (Lipinski definition) is 0. The predicted octanol–water partition coefficient (Wildman–Crippen LogP) is 3.63. The monoisotopic (exact) mass is 261 g/mol. The van der Waals surface area contributed by atoms with Gasteiger partial charge in [-0.1, -0.05) is 28.1 Å². The van der Waals surface area contributed by atoms with E-state index in [0.717, 1.165) is 17.3 Å². The van der Waals surface area contributed by atoms with Gasteiger partial charge in [0.15, 0.2) is 0 Å². The summed E-state index contributed by atoms with van der Waals surface area (Å²) in [6.45, 7) is 0. The summed E-state index contributed by atoms with van der Waals surface area (Å²) in [5.41, 5.74) is 2.70. The number of hydrogen-bond acceptors (Lipinski definition) is 1. The number of halogens is 1. The molecule has 1 aromatic heterocycles. The van der Waals surface area contributed by atoms with E-state index in [1.165, 1.54) is 11.1 Å². The molecule has 0 atom stereocenters. The molecule has 1 aromatic carbocycles. The third-order valence-corrected chi connectivity index (χ3v) is 2.83. The first-order valence-electron chi connectivity index (χ1n) is 4.98. The Kier molecular flexibility index (Phi) is 3.51. The zero-order valence-electron chi connectivity index (χ0n) is 8.36. The second-order valence-electron chi connectivity index (χ2n) is 3.49. The van der Waals surface area contributed by atoms with E-state index in [4.69, 9.17) is 0 Å². The average Bonchev–Trinajstić information content (AvgIpc) is 2.28. The van der Waals surface area contributed by atoms with Gasteiger partial charge in [0.1, 0.15) is 0 Å². The van der Waals surface area contributed by atoms with Crippen molar-refractivity contribution >= 4 is 15.9 Å². The van der Waals surface area contributed by atoms with E-state index < -0.39 is 0 Å². The molecule has 0 saturated heterocycles. The molecule has 15 heavy (non-hydrogen) atoms. The van der Waals surface area contributed by atoms with Gasteiger partial charge in [-0.25, -0.2) is 0 Å². The largest absolute Gasteiger partial charge is 0.265 e. The van der Waals surface area contributed by atoms with E-state index in [1.54, 1.807) is 0 Å². The van der Waals surface area contributed by atoms with Crippen LogP contribution in [0.3, 0.4) is 0 Å². The van der Waals surface area contributed by atoms with Crippen molar-refractivity contribution in [1.29, 1.82) is 0 Å². The summed E-state index contributed by atoms with van der Waals surface area (Å²) in [4.78, 5) is 4.01. The number of rotatable bonds is 3. The third-order valence-electron chi connectivity index (χ3n) is 2.34. The first-order chi connectivity index (χ1) is 7.34. The lowest BCUT2D eigenvalue weighted by Crippen LogP contribution is -1.91. The highest BCUT2D eigenvalue weighted by Crippen LogP contribution is 2.13. The third kappa shape index (κ3) is 3.17. The zero-order chi connectivity index (χ0) is 10.5. The summed E-state index contributed by atoms with van der Waals surface area (Å²) >= 11 is 3.48. The number of aryl methyl sites for hydroxylation is 2. The maximum absolute atomic E-state index is 4.01. The summed E-state index contributed by atoms with van der Waals surface area (Å²) in [5.74, 6) is 0. The van der Waals surface area contributed by atoms with Gasteiger partial charge in [-0.15, -0.1) is 0 Å². The van der Waals surface area contributed by atoms with Gasteiger partial charge in [-0.2, -0.15) is 0 Å². The van der Waals surface area contributed by atoms with Crippen molar-refractivity contribution in [3.05, 3.63) is 64.4 Å². The maximum atomic E-state index is 4.01. The van der Waals surface area contributed by atoms with Gasteiger partial charge in [0.25, 0.3) is 0 Å². The number of aromatic nitrogens is 1. The van der Waals surface area contributed by atoms with Crippen molar-refractivity contribution in [2.45, 2.75) is 12.8 Å². The second kappa shape index (κ2) is 5.08. The molecule has 0 aliphatic carbocycles. The fourth-order valence-electron chi connectivity index (χ4n) is 1.53. The first kappa shape index (κ1) is 10.4. The second-order valence-corrected chi connectivity index (χ2v) is 4.40. The lowest BCUT2D eigenvalue weighted by molar-refractivity contribution is 0.954. The van der Waals surface area contributed by atoms with Crippen molar-refractivity contribution in [1.82, 2.24) is 4.98 Å². The average molecular weight is 262 g/mol. The van der Waals surface area contributed by atoms with Crippen LogP contribution in [0.1, 0.15) is 11.1 Å². The van der Waals surface area contributed by atoms with Gasteiger partial charge >= 0.3 is 0 Å². The van der Waals surface area contributed by atoms with Crippen LogP contribution in [0.2, 0.25) is 0 Å². The quantitative estimate of drug-likeness (QED) is 0.823. The lowest BCUT2D eigenvalue weighted by atomic mass is 10.1. The Morgan fingerprint density at radius 2 is 1.67 bits per heavy atom. The molecule has 0 spiro atoms. The Morgan fingerprint density at radius 1 is 0.933 bits per heavy atom. The molecule has 76 valence electrons. The molecule has 0 amide bonds. The van der Waals surface area contributed by atoms with Crippen LogP contribution in [0, 0.1) is 0 Å². The molecule has 2 heteroatoms. The number of nitrogens with zero attached hydrogens (tertiary/aromatic N) is 1. The molecule has 1 nitrogen and oxygen atoms in total. The molecule has 0 N–H and O–H groups in total. The highest BCUT2D eigenvalue weighted by atomic mass is 79.9. The van der Waals surface area contributed by atoms with E-state index in [2.05, 4.69) is 57.3 Å². The molecule has 0 bridgehead atoms. The molecule has 0 aliphatic heterocycles. The van der Waals surface area contributed by atoms with E-state index >= 15 is 0 Å². The number of pyridine rings is 1. The Labute approximate surface area is 98.3 Å². The Morgan fingerprint density at radius 3 is 2.40 bits per heavy atom. The van der Waals surface area contributed by atoms with Crippen LogP contribution in [0.15, 0.2) is 53.3 Å². The van der Waals surface area contributed by atoms with Gasteiger partial charge in [0.05, 0.1) is 0 Å². The summed E-state index contributed by atoms with van der Waals surface area (Å²) < 4.78 is 1.15. The molecule has 0 saturated carbocycles. The highest BCUT2D eigenvalue weighted by Gasteiger charge is 1.95. The lowest BCUT2D eigenvalue weighted by Gasteiger charge is -2.02. The van der Waals surface area contributed by atoms with Crippen LogP contribution in [-0.2, 0) is 12.8 Å². The predicted molar refractivity (Wildman–Crippen MR) is 65.8 cm³/mol. The summed E-state index contributed by atoms with van der Waals surface area (Å²) in [6.07, 6.45) is 5.83. The fraction of sp³-hybridized carbons (Fsp3) is 0.154. The summed E-state index contributed by atoms with van der Waals surface area (Å²) in [5, 5.41) is 0. The van der Waals surface area contributed by atoms with E-state index in [9.17, 15) is 0 Å². The Balaban J connectivity index is 1.99. The minimum absolute atomic E-state index is 1.07. The summed E-state index contributed by atoms with van der Waals surface area (Å²) in [6, 6.07) is 12.6. The minimum atomic E-state index is 1.07. The van der Waals surface area contributed by atoms with Crippen molar-refractivity contribution < 1.29 is 0 Å². The van der Waals surface area contributed by atoms with E-state index in [1.807, 2.05) is 12.4 Å². The normalized spacial score (nSPS) is 10.2. The molecular weight excluding hydrogens is 250 g/mol. The van der Waals surface area contributed by atoms with Crippen molar-refractivity contribution in [2.75, 3.05) is 0 Å². The van der Waals surface area contributed by atoms with E-state index in [0.29, 0.717) is 0 Å². The number of benzene rings is 1. The highest BCUT2D eigenvalue weighted by molar-refractivity contribution is 9.10. The van der Waals surface area contributed by atoms with Crippen molar-refractivity contribution in [2.24, 2.45) is 0 Å². The summed E-state index contributed by atoms with van der Waals surface area (Å²) in [7, 11) is 0. The van der Waals surface area contributed by atoms with Crippen LogP contribution in [0.5, 0.6) is 0 Å². The van der Waals surface area contributed by atoms with Gasteiger partial charge < -0.3 is 0 Å². The van der Waals surface area contributed by atoms with Crippen molar-refractivity contribution in [3.8, 4) is 0 Å². The van der Waals surface area contributed by atoms with Crippen molar-refractivity contribution in [3.63, 3.8) is 0 Å². The molecule has 2 rings (SSSR count). The van der Waals surface area contributed by atoms with Crippen LogP contribution in [0.4, 0.5) is 0 Å². The first-order valence-corrected chi connectivity index (χ1v) is 5.77. The van der Waals surface area contributed by atoms with Crippen LogP contribution < -0.4 is 0 Å². The maximum Gasteiger partial charge on any atom is 0.0270 e. The Bertz CT molecular complexity index is 426. The van der Waals surface area contributed by atoms with Crippen LogP contribution in [-0.4, -0.2) is 4.98 Å². The zero-order valence-corrected chi connectivity index (χ0v) is 9.94. The fourth-order valence-corrected chi connectivity index (χ4v) is 1.98. The van der Waals surface area contributed by atoms with Crippen LogP contribution >= 0.6 is 15.9 Å². The van der Waals surface area contributed by atoms with E-state index in [-0.39, 0.29) is 0 Å². The molecular formula is C13H12BrN. The smallest absolute Gasteiger partial charge is 0.0270 e. The van der Waals surface area contributed by atoms with Gasteiger partial charge in [-0.05, 0) is 48.2 Å². The Hall–Kier alpha value is -1.15. The van der Waals surface area contributed by atoms with Gasteiger partial charge in [-0.3, -0.25) is 4.98 Å². The molecule has 0 radical (unpaired) electrons. The van der Waals surface area contributed by atoms with Gasteiger partial charge in [0, 0.05) is 16.9 Å². The molecule has 2 aromatic rings. The molecule has 0 fully saturated rings. The topological polar surface area (TPSA) is 12.9 Å². The van der Waals surface area contributed by atoms with Crippen LogP contribution in [0.25, 0.3) is 0 Å². The molecule has 0 unspecified atom stereocenters. The SMILES string of the molecule is Brc1cccc(CCc2ccncc2)c1. The molecule has 1 heterocycles.